The van der Waals surface area contributed by atoms with E-state index in [1.807, 2.05) is 4.90 Å². The lowest BCUT2D eigenvalue weighted by molar-refractivity contribution is -0.137. The molecule has 1 aliphatic rings. The third-order valence-electron chi connectivity index (χ3n) is 5.52. The van der Waals surface area contributed by atoms with Gasteiger partial charge in [0, 0.05) is 30.1 Å². The largest absolute Gasteiger partial charge is 0.417 e. The molecule has 1 aromatic carbocycles. The van der Waals surface area contributed by atoms with Crippen molar-refractivity contribution >= 4 is 29.0 Å². The van der Waals surface area contributed by atoms with Crippen LogP contribution in [-0.4, -0.2) is 29.9 Å². The minimum atomic E-state index is -4.44. The highest BCUT2D eigenvalue weighted by atomic mass is 32.1. The van der Waals surface area contributed by atoms with Gasteiger partial charge in [-0.25, -0.2) is 9.37 Å². The summed E-state index contributed by atoms with van der Waals surface area (Å²) in [4.78, 5) is 31.8. The average molecular weight is 492 g/mol. The molecular formula is C23H20F4N4O2S. The molecule has 0 spiro atoms. The summed E-state index contributed by atoms with van der Waals surface area (Å²) in [7, 11) is 0. The molecule has 0 aliphatic carbocycles. The standard InChI is InChI=1S/C23H20F4N4O2S/c24-17-4-1-14(2-5-17)18-6-7-19(34-18)22(33)30-29-21(32)15-9-11-31(12-10-15)20-8-3-16(13-28-20)23(25,26)27/h1-8,13,15H,9-12H2,(H,29,32)(H,30,33). The van der Waals surface area contributed by atoms with Crippen molar-refractivity contribution < 1.29 is 27.2 Å². The van der Waals surface area contributed by atoms with Gasteiger partial charge in [0.25, 0.3) is 5.91 Å². The molecule has 1 fully saturated rings. The van der Waals surface area contributed by atoms with Crippen LogP contribution in [0.2, 0.25) is 0 Å². The fraction of sp³-hybridized carbons (Fsp3) is 0.261. The van der Waals surface area contributed by atoms with Crippen molar-refractivity contribution in [2.75, 3.05) is 18.0 Å². The van der Waals surface area contributed by atoms with Crippen LogP contribution >= 0.6 is 11.3 Å². The predicted molar refractivity (Wildman–Crippen MR) is 119 cm³/mol. The van der Waals surface area contributed by atoms with Gasteiger partial charge < -0.3 is 4.90 Å². The zero-order chi connectivity index (χ0) is 24.3. The van der Waals surface area contributed by atoms with Gasteiger partial charge in [0.1, 0.15) is 11.6 Å². The summed E-state index contributed by atoms with van der Waals surface area (Å²) in [5.41, 5.74) is 4.83. The molecule has 1 saturated heterocycles. The van der Waals surface area contributed by atoms with Crippen molar-refractivity contribution in [2.24, 2.45) is 5.92 Å². The minimum absolute atomic E-state index is 0.330. The highest BCUT2D eigenvalue weighted by Crippen LogP contribution is 2.30. The molecule has 0 atom stereocenters. The van der Waals surface area contributed by atoms with Crippen LogP contribution in [0.25, 0.3) is 10.4 Å². The monoisotopic (exact) mass is 492 g/mol. The average Bonchev–Trinajstić information content (AvgIpc) is 3.33. The van der Waals surface area contributed by atoms with Crippen LogP contribution in [-0.2, 0) is 11.0 Å². The minimum Gasteiger partial charge on any atom is -0.357 e. The number of carbonyl (C=O) groups excluding carboxylic acids is 2. The molecule has 2 N–H and O–H groups in total. The van der Waals surface area contributed by atoms with Crippen LogP contribution in [0.5, 0.6) is 0 Å². The van der Waals surface area contributed by atoms with E-state index in [9.17, 15) is 27.2 Å². The van der Waals surface area contributed by atoms with Crippen LogP contribution in [0.4, 0.5) is 23.4 Å². The van der Waals surface area contributed by atoms with Crippen LogP contribution in [0.15, 0.2) is 54.7 Å². The molecule has 3 heterocycles. The van der Waals surface area contributed by atoms with Crippen molar-refractivity contribution in [1.82, 2.24) is 15.8 Å². The first-order valence-electron chi connectivity index (χ1n) is 10.4. The number of rotatable bonds is 4. The van der Waals surface area contributed by atoms with Crippen molar-refractivity contribution in [2.45, 2.75) is 19.0 Å². The molecule has 178 valence electrons. The molecule has 0 bridgehead atoms. The Morgan fingerprint density at radius 3 is 2.29 bits per heavy atom. The summed E-state index contributed by atoms with van der Waals surface area (Å²) in [6.45, 7) is 0.909. The second-order valence-corrected chi connectivity index (χ2v) is 8.86. The number of halogens is 4. The number of hydrazine groups is 1. The number of piperidine rings is 1. The fourth-order valence-corrected chi connectivity index (χ4v) is 4.53. The number of nitrogens with one attached hydrogen (secondary N) is 2. The number of anilines is 1. The number of benzene rings is 1. The molecule has 6 nitrogen and oxygen atoms in total. The summed E-state index contributed by atoms with van der Waals surface area (Å²) in [6.07, 6.45) is -2.70. The van der Waals surface area contributed by atoms with Gasteiger partial charge in [0.15, 0.2) is 0 Å². The van der Waals surface area contributed by atoms with E-state index >= 15 is 0 Å². The van der Waals surface area contributed by atoms with Crippen molar-refractivity contribution in [1.29, 1.82) is 0 Å². The van der Waals surface area contributed by atoms with Crippen molar-refractivity contribution in [3.05, 3.63) is 71.0 Å². The number of nitrogens with zero attached hydrogens (tertiary/aromatic N) is 2. The normalized spacial score (nSPS) is 14.6. The van der Waals surface area contributed by atoms with E-state index in [0.717, 1.165) is 22.7 Å². The van der Waals surface area contributed by atoms with Crippen LogP contribution in [0.3, 0.4) is 0 Å². The topological polar surface area (TPSA) is 74.3 Å². The summed E-state index contributed by atoms with van der Waals surface area (Å²) in [5, 5.41) is 0. The van der Waals surface area contributed by atoms with E-state index in [0.29, 0.717) is 36.6 Å². The molecule has 0 radical (unpaired) electrons. The third-order valence-corrected chi connectivity index (χ3v) is 6.66. The Balaban J connectivity index is 1.26. The number of carbonyl (C=O) groups is 2. The highest BCUT2D eigenvalue weighted by molar-refractivity contribution is 7.17. The Hall–Kier alpha value is -3.47. The Bertz CT molecular complexity index is 1150. The number of aromatic nitrogens is 1. The van der Waals surface area contributed by atoms with Crippen LogP contribution in [0.1, 0.15) is 28.1 Å². The van der Waals surface area contributed by atoms with Gasteiger partial charge in [-0.15, -0.1) is 11.3 Å². The maximum atomic E-state index is 13.1. The first-order chi connectivity index (χ1) is 16.2. The number of amides is 2. The summed E-state index contributed by atoms with van der Waals surface area (Å²) >= 11 is 1.22. The molecule has 1 aliphatic heterocycles. The van der Waals surface area contributed by atoms with E-state index < -0.39 is 17.6 Å². The first kappa shape index (κ1) is 23.7. The molecule has 0 saturated carbocycles. The van der Waals surface area contributed by atoms with Gasteiger partial charge in [0.05, 0.1) is 10.4 Å². The Labute approximate surface area is 196 Å². The smallest absolute Gasteiger partial charge is 0.357 e. The summed E-state index contributed by atoms with van der Waals surface area (Å²) in [5.74, 6) is -1.05. The van der Waals surface area contributed by atoms with E-state index in [1.54, 1.807) is 24.3 Å². The molecule has 2 aromatic heterocycles. The summed E-state index contributed by atoms with van der Waals surface area (Å²) < 4.78 is 51.2. The second-order valence-electron chi connectivity index (χ2n) is 7.78. The number of hydrogen-bond acceptors (Lipinski definition) is 5. The second kappa shape index (κ2) is 9.80. The van der Waals surface area contributed by atoms with Gasteiger partial charge in [0.2, 0.25) is 5.91 Å². The van der Waals surface area contributed by atoms with Crippen molar-refractivity contribution in [3.8, 4) is 10.4 Å². The fourth-order valence-electron chi connectivity index (χ4n) is 3.62. The van der Waals surface area contributed by atoms with Crippen LogP contribution < -0.4 is 15.8 Å². The van der Waals surface area contributed by atoms with E-state index in [2.05, 4.69) is 15.8 Å². The maximum Gasteiger partial charge on any atom is 0.417 e. The van der Waals surface area contributed by atoms with Gasteiger partial charge >= 0.3 is 6.18 Å². The maximum absolute atomic E-state index is 13.1. The Morgan fingerprint density at radius 2 is 1.68 bits per heavy atom. The molecule has 2 amide bonds. The van der Waals surface area contributed by atoms with Crippen molar-refractivity contribution in [3.63, 3.8) is 0 Å². The van der Waals surface area contributed by atoms with E-state index in [4.69, 9.17) is 0 Å². The zero-order valence-electron chi connectivity index (χ0n) is 17.7. The number of hydrogen-bond donors (Lipinski definition) is 2. The van der Waals surface area contributed by atoms with Gasteiger partial charge in [-0.1, -0.05) is 12.1 Å². The molecular weight excluding hydrogens is 472 g/mol. The van der Waals surface area contributed by atoms with Gasteiger partial charge in [-0.2, -0.15) is 13.2 Å². The predicted octanol–water partition coefficient (Wildman–Crippen LogP) is 4.65. The number of alkyl halides is 3. The highest BCUT2D eigenvalue weighted by Gasteiger charge is 2.31. The Kier molecular flexibility index (Phi) is 6.82. The van der Waals surface area contributed by atoms with E-state index in [-0.39, 0.29) is 17.6 Å². The summed E-state index contributed by atoms with van der Waals surface area (Å²) in [6, 6.07) is 11.6. The Morgan fingerprint density at radius 1 is 0.971 bits per heavy atom. The molecule has 0 unspecified atom stereocenters. The van der Waals surface area contributed by atoms with Gasteiger partial charge in [-0.05, 0) is 54.8 Å². The van der Waals surface area contributed by atoms with Gasteiger partial charge in [-0.3, -0.25) is 20.4 Å². The molecule has 4 rings (SSSR count). The lowest BCUT2D eigenvalue weighted by atomic mass is 9.96. The SMILES string of the molecule is O=C(NNC(=O)C1CCN(c2ccc(C(F)(F)F)cn2)CC1)c1ccc(-c2ccc(F)cc2)s1. The third kappa shape index (κ3) is 5.53. The number of pyridine rings is 1. The van der Waals surface area contributed by atoms with Crippen LogP contribution in [0, 0.1) is 11.7 Å². The van der Waals surface area contributed by atoms with E-state index in [1.165, 1.54) is 29.5 Å². The lowest BCUT2D eigenvalue weighted by Gasteiger charge is -2.32. The molecule has 11 heteroatoms. The lowest BCUT2D eigenvalue weighted by Crippen LogP contribution is -2.47. The molecule has 34 heavy (non-hydrogen) atoms. The number of thiophene rings is 1. The molecule has 3 aromatic rings. The zero-order valence-corrected chi connectivity index (χ0v) is 18.5. The quantitative estimate of drug-likeness (QED) is 0.411. The first-order valence-corrected chi connectivity index (χ1v) is 11.3.